The largest absolute Gasteiger partial charge is 0.369 e. The summed E-state index contributed by atoms with van der Waals surface area (Å²) in [4.78, 5) is 0. The van der Waals surface area contributed by atoms with Gasteiger partial charge in [0.25, 0.3) is 0 Å². The van der Waals surface area contributed by atoms with Crippen LogP contribution in [0.5, 0.6) is 0 Å². The van der Waals surface area contributed by atoms with Gasteiger partial charge in [-0.25, -0.2) is 4.68 Å². The van der Waals surface area contributed by atoms with Gasteiger partial charge in [0, 0.05) is 18.7 Å². The normalized spacial score (nSPS) is 21.6. The molecule has 2 aliphatic heterocycles. The van der Waals surface area contributed by atoms with Crippen molar-refractivity contribution in [3.8, 4) is 16.9 Å². The summed E-state index contributed by atoms with van der Waals surface area (Å²) < 4.78 is 13.5. The third kappa shape index (κ3) is 3.56. The average molecular weight is 449 g/mol. The maximum Gasteiger partial charge on any atom is 0.114 e. The first-order valence-corrected chi connectivity index (χ1v) is 11.7. The maximum atomic E-state index is 6.08. The summed E-state index contributed by atoms with van der Waals surface area (Å²) >= 11 is 0. The summed E-state index contributed by atoms with van der Waals surface area (Å²) in [5.74, 6) is 0. The molecular weight excluding hydrogens is 424 g/mol. The van der Waals surface area contributed by atoms with E-state index in [1.54, 1.807) is 0 Å². The highest BCUT2D eigenvalue weighted by Crippen LogP contribution is 2.32. The Balaban J connectivity index is 1.13. The third-order valence-corrected chi connectivity index (χ3v) is 6.86. The van der Waals surface area contributed by atoms with Crippen LogP contribution in [0.4, 0.5) is 0 Å². The van der Waals surface area contributed by atoms with E-state index in [2.05, 4.69) is 94.5 Å². The number of hydrogen-bond donors (Lipinski definition) is 1. The number of piperidine rings is 1. The highest BCUT2D eigenvalue weighted by molar-refractivity contribution is 6.04. The molecule has 7 rings (SSSR count). The van der Waals surface area contributed by atoms with Gasteiger partial charge in [0.15, 0.2) is 0 Å². The Morgan fingerprint density at radius 1 is 0.912 bits per heavy atom. The second-order valence-electron chi connectivity index (χ2n) is 9.09. The van der Waals surface area contributed by atoms with Gasteiger partial charge in [-0.15, -0.1) is 5.10 Å². The van der Waals surface area contributed by atoms with Gasteiger partial charge in [-0.2, -0.15) is 0 Å². The first-order chi connectivity index (χ1) is 16.8. The predicted molar refractivity (Wildman–Crippen MR) is 132 cm³/mol. The van der Waals surface area contributed by atoms with Crippen molar-refractivity contribution in [1.82, 2.24) is 20.3 Å². The molecule has 6 nitrogen and oxygen atoms in total. The van der Waals surface area contributed by atoms with Crippen molar-refractivity contribution in [3.63, 3.8) is 0 Å². The van der Waals surface area contributed by atoms with Crippen LogP contribution >= 0.6 is 0 Å². The van der Waals surface area contributed by atoms with E-state index in [4.69, 9.17) is 9.47 Å². The van der Waals surface area contributed by atoms with Crippen LogP contribution in [0.2, 0.25) is 0 Å². The van der Waals surface area contributed by atoms with Crippen LogP contribution in [0, 0.1) is 0 Å². The minimum atomic E-state index is 0.133. The van der Waals surface area contributed by atoms with Crippen LogP contribution in [0.3, 0.4) is 0 Å². The zero-order valence-electron chi connectivity index (χ0n) is 18.6. The Kier molecular flexibility index (Phi) is 4.68. The van der Waals surface area contributed by atoms with E-state index in [9.17, 15) is 0 Å². The van der Waals surface area contributed by atoms with E-state index in [-0.39, 0.29) is 12.2 Å². The van der Waals surface area contributed by atoms with Crippen LogP contribution in [0.15, 0.2) is 85.1 Å². The van der Waals surface area contributed by atoms with Crippen LogP contribution in [-0.4, -0.2) is 46.4 Å². The van der Waals surface area contributed by atoms with Gasteiger partial charge in [-0.05, 0) is 51.4 Å². The SMILES string of the molecule is c1ccc2cc3c(-c4cn(-c5ccc(CO[C@H]6CNC[C@@H]7O[C@@H]67)cc5)nn4)cccc3cc2c1. The Morgan fingerprint density at radius 3 is 2.62 bits per heavy atom. The smallest absolute Gasteiger partial charge is 0.114 e. The highest BCUT2D eigenvalue weighted by Gasteiger charge is 2.48. The first-order valence-electron chi connectivity index (χ1n) is 11.7. The number of hydrogen-bond acceptors (Lipinski definition) is 5. The van der Waals surface area contributed by atoms with Crippen LogP contribution in [-0.2, 0) is 16.1 Å². The second-order valence-corrected chi connectivity index (χ2v) is 9.09. The number of ether oxygens (including phenoxy) is 2. The zero-order valence-corrected chi connectivity index (χ0v) is 18.6. The van der Waals surface area contributed by atoms with E-state index in [0.29, 0.717) is 12.7 Å². The number of nitrogens with zero attached hydrogens (tertiary/aromatic N) is 3. The minimum Gasteiger partial charge on any atom is -0.369 e. The first kappa shape index (κ1) is 19.9. The van der Waals surface area contributed by atoms with Crippen molar-refractivity contribution in [2.45, 2.75) is 24.9 Å². The summed E-state index contributed by atoms with van der Waals surface area (Å²) in [6.07, 6.45) is 2.73. The Morgan fingerprint density at radius 2 is 1.74 bits per heavy atom. The molecule has 3 atom stereocenters. The van der Waals surface area contributed by atoms with Gasteiger partial charge >= 0.3 is 0 Å². The monoisotopic (exact) mass is 448 g/mol. The molecule has 2 fully saturated rings. The van der Waals surface area contributed by atoms with Crippen molar-refractivity contribution in [2.75, 3.05) is 13.1 Å². The molecule has 5 aromatic rings. The Hall–Kier alpha value is -3.58. The standard InChI is InChI=1S/C28H24N4O2/c1-2-5-20-13-24-21(12-19(20)4-1)6-3-7-23(24)25-16-32(31-30-25)22-10-8-18(9-11-22)17-33-26-14-29-15-27-28(26)34-27/h1-13,16,26-29H,14-15,17H2/t26-,27-,28-/m0/s1. The van der Waals surface area contributed by atoms with Crippen LogP contribution < -0.4 is 5.32 Å². The number of fused-ring (bicyclic) bond motifs is 3. The lowest BCUT2D eigenvalue weighted by molar-refractivity contribution is 0.0211. The molecule has 0 amide bonds. The van der Waals surface area contributed by atoms with E-state index < -0.39 is 0 Å². The summed E-state index contributed by atoms with van der Waals surface area (Å²) in [7, 11) is 0. The molecule has 0 spiro atoms. The lowest BCUT2D eigenvalue weighted by Gasteiger charge is -2.20. The molecule has 2 saturated heterocycles. The van der Waals surface area contributed by atoms with Gasteiger partial charge < -0.3 is 14.8 Å². The summed E-state index contributed by atoms with van der Waals surface area (Å²) in [6.45, 7) is 2.37. The molecular formula is C28H24N4O2. The van der Waals surface area contributed by atoms with Gasteiger partial charge in [0.1, 0.15) is 11.8 Å². The van der Waals surface area contributed by atoms with E-state index in [1.165, 1.54) is 21.5 Å². The molecule has 0 bridgehead atoms. The van der Waals surface area contributed by atoms with Gasteiger partial charge in [-0.1, -0.05) is 59.8 Å². The molecule has 3 heterocycles. The highest BCUT2D eigenvalue weighted by atomic mass is 16.6. The molecule has 1 aromatic heterocycles. The molecule has 0 saturated carbocycles. The lowest BCUT2D eigenvalue weighted by atomic mass is 9.98. The number of benzene rings is 4. The number of aromatic nitrogens is 3. The molecule has 34 heavy (non-hydrogen) atoms. The number of epoxide rings is 1. The molecule has 2 aliphatic rings. The van der Waals surface area contributed by atoms with Crippen molar-refractivity contribution in [2.24, 2.45) is 0 Å². The minimum absolute atomic E-state index is 0.133. The zero-order chi connectivity index (χ0) is 22.5. The fourth-order valence-corrected chi connectivity index (χ4v) is 4.94. The molecule has 1 N–H and O–H groups in total. The molecule has 6 heteroatoms. The van der Waals surface area contributed by atoms with Crippen molar-refractivity contribution in [1.29, 1.82) is 0 Å². The molecule has 0 unspecified atom stereocenters. The van der Waals surface area contributed by atoms with Crippen LogP contribution in [0.1, 0.15) is 5.56 Å². The topological polar surface area (TPSA) is 64.5 Å². The fraction of sp³-hybridized carbons (Fsp3) is 0.214. The van der Waals surface area contributed by atoms with Gasteiger partial charge in [0.2, 0.25) is 0 Å². The van der Waals surface area contributed by atoms with E-state index in [1.807, 2.05) is 10.9 Å². The summed E-state index contributed by atoms with van der Waals surface area (Å²) in [5, 5.41) is 17.1. The van der Waals surface area contributed by atoms with E-state index in [0.717, 1.165) is 35.6 Å². The van der Waals surface area contributed by atoms with Crippen molar-refractivity contribution in [3.05, 3.63) is 90.6 Å². The summed E-state index contributed by atoms with van der Waals surface area (Å²) in [6, 6.07) is 27.5. The fourth-order valence-electron chi connectivity index (χ4n) is 4.94. The van der Waals surface area contributed by atoms with Gasteiger partial charge in [-0.3, -0.25) is 0 Å². The maximum absolute atomic E-state index is 6.08. The Bertz CT molecular complexity index is 1490. The lowest BCUT2D eigenvalue weighted by Crippen LogP contribution is -2.41. The van der Waals surface area contributed by atoms with Gasteiger partial charge in [0.05, 0.1) is 30.7 Å². The second kappa shape index (κ2) is 8.02. The average Bonchev–Trinajstić information content (AvgIpc) is 3.53. The number of nitrogens with one attached hydrogen (secondary N) is 1. The third-order valence-electron chi connectivity index (χ3n) is 6.86. The van der Waals surface area contributed by atoms with Crippen molar-refractivity contribution >= 4 is 21.5 Å². The van der Waals surface area contributed by atoms with Crippen molar-refractivity contribution < 1.29 is 9.47 Å². The molecule has 168 valence electrons. The van der Waals surface area contributed by atoms with E-state index >= 15 is 0 Å². The molecule has 0 radical (unpaired) electrons. The van der Waals surface area contributed by atoms with Crippen LogP contribution in [0.25, 0.3) is 38.5 Å². The molecule has 4 aromatic carbocycles. The predicted octanol–water partition coefficient (Wildman–Crippen LogP) is 4.50. The number of rotatable bonds is 5. The molecule has 0 aliphatic carbocycles. The quantitative estimate of drug-likeness (QED) is 0.317. The summed E-state index contributed by atoms with van der Waals surface area (Å²) in [5.41, 5.74) is 4.05. The Labute approximate surface area is 197 Å².